The third kappa shape index (κ3) is 4.04. The maximum Gasteiger partial charge on any atom is 0.240 e. The van der Waals surface area contributed by atoms with Crippen molar-refractivity contribution in [3.8, 4) is 0 Å². The molecule has 3 rings (SSSR count). The minimum absolute atomic E-state index is 0.0535. The number of aryl methyl sites for hydroxylation is 2. The number of carbonyl (C=O) groups is 1. The number of fused-ring (bicyclic) bond motifs is 1. The molecule has 1 fully saturated rings. The van der Waals surface area contributed by atoms with Gasteiger partial charge in [-0.15, -0.1) is 11.3 Å². The number of piperazine rings is 1. The van der Waals surface area contributed by atoms with Crippen molar-refractivity contribution in [2.75, 3.05) is 58.3 Å². The van der Waals surface area contributed by atoms with Gasteiger partial charge in [0.1, 0.15) is 0 Å². The van der Waals surface area contributed by atoms with Gasteiger partial charge in [0.15, 0.2) is 5.13 Å². The van der Waals surface area contributed by atoms with E-state index in [0.29, 0.717) is 6.54 Å². The van der Waals surface area contributed by atoms with E-state index in [2.05, 4.69) is 20.1 Å². The molecule has 0 radical (unpaired) electrons. The number of nitrogens with zero attached hydrogens (tertiary/aromatic N) is 3. The van der Waals surface area contributed by atoms with E-state index in [0.717, 1.165) is 57.3 Å². The predicted molar refractivity (Wildman–Crippen MR) is 87.5 cm³/mol. The number of rotatable bonds is 6. The van der Waals surface area contributed by atoms with Crippen LogP contribution in [0, 0.1) is 0 Å². The van der Waals surface area contributed by atoms with Gasteiger partial charge in [0.25, 0.3) is 0 Å². The van der Waals surface area contributed by atoms with Crippen LogP contribution < -0.4 is 5.32 Å². The molecule has 1 aliphatic heterocycles. The first-order valence-electron chi connectivity index (χ1n) is 7.96. The molecule has 22 heavy (non-hydrogen) atoms. The number of nitrogens with one attached hydrogen (secondary N) is 1. The smallest absolute Gasteiger partial charge is 0.240 e. The van der Waals surface area contributed by atoms with E-state index in [1.165, 1.54) is 17.0 Å². The highest BCUT2D eigenvalue weighted by Gasteiger charge is 2.21. The molecule has 1 amide bonds. The molecule has 7 heteroatoms. The molecular formula is C15H24N4O2S. The number of methoxy groups -OCH3 is 1. The van der Waals surface area contributed by atoms with Crippen LogP contribution >= 0.6 is 11.3 Å². The van der Waals surface area contributed by atoms with Crippen molar-refractivity contribution in [2.24, 2.45) is 0 Å². The van der Waals surface area contributed by atoms with Gasteiger partial charge in [-0.25, -0.2) is 4.98 Å². The first-order chi connectivity index (χ1) is 10.7. The minimum Gasteiger partial charge on any atom is -0.383 e. The monoisotopic (exact) mass is 324 g/mol. The van der Waals surface area contributed by atoms with Crippen molar-refractivity contribution in [2.45, 2.75) is 19.3 Å². The molecule has 0 aromatic carbocycles. The highest BCUT2D eigenvalue weighted by Crippen LogP contribution is 2.30. The van der Waals surface area contributed by atoms with Crippen LogP contribution in [0.3, 0.4) is 0 Å². The summed E-state index contributed by atoms with van der Waals surface area (Å²) in [4.78, 5) is 22.6. The second-order valence-electron chi connectivity index (χ2n) is 5.90. The van der Waals surface area contributed by atoms with Gasteiger partial charge in [0, 0.05) is 44.7 Å². The van der Waals surface area contributed by atoms with Crippen LogP contribution in [0.5, 0.6) is 0 Å². The number of anilines is 1. The van der Waals surface area contributed by atoms with E-state index in [1.807, 2.05) is 0 Å². The molecule has 2 aliphatic rings. The summed E-state index contributed by atoms with van der Waals surface area (Å²) in [7, 11) is 1.73. The Morgan fingerprint density at radius 3 is 2.77 bits per heavy atom. The van der Waals surface area contributed by atoms with Crippen LogP contribution in [-0.4, -0.2) is 73.7 Å². The first-order valence-corrected chi connectivity index (χ1v) is 8.78. The molecule has 2 heterocycles. The summed E-state index contributed by atoms with van der Waals surface area (Å²) < 4.78 is 5.10. The van der Waals surface area contributed by atoms with Gasteiger partial charge < -0.3 is 10.1 Å². The average Bonchev–Trinajstić information content (AvgIpc) is 3.07. The van der Waals surface area contributed by atoms with Gasteiger partial charge in [-0.3, -0.25) is 14.6 Å². The van der Waals surface area contributed by atoms with Crippen LogP contribution in [-0.2, 0) is 22.4 Å². The Kier molecular flexibility index (Phi) is 5.41. The van der Waals surface area contributed by atoms with Crippen LogP contribution in [0.1, 0.15) is 17.0 Å². The van der Waals surface area contributed by atoms with E-state index < -0.39 is 0 Å². The molecule has 0 spiro atoms. The SMILES string of the molecule is COCCN1CCN(CC(=O)Nc2nc3c(s2)CCC3)CC1. The first kappa shape index (κ1) is 15.9. The third-order valence-electron chi connectivity index (χ3n) is 4.29. The highest BCUT2D eigenvalue weighted by molar-refractivity contribution is 7.15. The van der Waals surface area contributed by atoms with Gasteiger partial charge in [-0.05, 0) is 19.3 Å². The largest absolute Gasteiger partial charge is 0.383 e. The molecule has 6 nitrogen and oxygen atoms in total. The fraction of sp³-hybridized carbons (Fsp3) is 0.733. The molecule has 0 atom stereocenters. The Balaban J connectivity index is 1.40. The van der Waals surface area contributed by atoms with Crippen molar-refractivity contribution in [3.63, 3.8) is 0 Å². The highest BCUT2D eigenvalue weighted by atomic mass is 32.1. The van der Waals surface area contributed by atoms with E-state index in [4.69, 9.17) is 4.74 Å². The number of amides is 1. The summed E-state index contributed by atoms with van der Waals surface area (Å²) in [6.07, 6.45) is 3.38. The van der Waals surface area contributed by atoms with Crippen LogP contribution in [0.4, 0.5) is 5.13 Å². The Bertz CT molecular complexity index is 490. The van der Waals surface area contributed by atoms with E-state index in [1.54, 1.807) is 18.4 Å². The van der Waals surface area contributed by atoms with E-state index >= 15 is 0 Å². The van der Waals surface area contributed by atoms with Gasteiger partial charge >= 0.3 is 0 Å². The Morgan fingerprint density at radius 1 is 1.27 bits per heavy atom. The van der Waals surface area contributed by atoms with Crippen molar-refractivity contribution >= 4 is 22.4 Å². The van der Waals surface area contributed by atoms with Gasteiger partial charge in [-0.2, -0.15) is 0 Å². The summed E-state index contributed by atoms with van der Waals surface area (Å²) in [5.41, 5.74) is 1.19. The molecule has 122 valence electrons. The van der Waals surface area contributed by atoms with Crippen LogP contribution in [0.2, 0.25) is 0 Å². The summed E-state index contributed by atoms with van der Waals surface area (Å²) in [6, 6.07) is 0. The summed E-state index contributed by atoms with van der Waals surface area (Å²) >= 11 is 1.64. The molecule has 1 aliphatic carbocycles. The standard InChI is InChI=1S/C15H24N4O2S/c1-21-10-9-18-5-7-19(8-6-18)11-14(20)17-15-16-12-3-2-4-13(12)22-15/h2-11H2,1H3,(H,16,17,20). The number of hydrogen-bond donors (Lipinski definition) is 1. The van der Waals surface area contributed by atoms with Gasteiger partial charge in [-0.1, -0.05) is 0 Å². The zero-order valence-corrected chi connectivity index (χ0v) is 14.0. The fourth-order valence-corrected chi connectivity index (χ4v) is 4.06. The van der Waals surface area contributed by atoms with Crippen molar-refractivity contribution in [1.82, 2.24) is 14.8 Å². The second kappa shape index (κ2) is 7.50. The molecule has 1 saturated heterocycles. The van der Waals surface area contributed by atoms with E-state index in [9.17, 15) is 4.79 Å². The molecule has 1 aromatic heterocycles. The van der Waals surface area contributed by atoms with Crippen LogP contribution in [0.25, 0.3) is 0 Å². The molecule has 1 aromatic rings. The fourth-order valence-electron chi connectivity index (χ4n) is 3.00. The molecular weight excluding hydrogens is 300 g/mol. The van der Waals surface area contributed by atoms with Crippen molar-refractivity contribution < 1.29 is 9.53 Å². The molecule has 0 bridgehead atoms. The Hall–Kier alpha value is -1.02. The lowest BCUT2D eigenvalue weighted by Crippen LogP contribution is -2.49. The van der Waals surface area contributed by atoms with Crippen molar-refractivity contribution in [3.05, 3.63) is 10.6 Å². The Labute approximate surface area is 135 Å². The topological polar surface area (TPSA) is 57.7 Å². The minimum atomic E-state index is 0.0535. The normalized spacial score (nSPS) is 19.3. The zero-order chi connectivity index (χ0) is 15.4. The number of carbonyl (C=O) groups excluding carboxylic acids is 1. The predicted octanol–water partition coefficient (Wildman–Crippen LogP) is 0.834. The van der Waals surface area contributed by atoms with Crippen molar-refractivity contribution in [1.29, 1.82) is 0 Å². The average molecular weight is 324 g/mol. The lowest BCUT2D eigenvalue weighted by Gasteiger charge is -2.33. The summed E-state index contributed by atoms with van der Waals surface area (Å²) in [5, 5.41) is 3.73. The zero-order valence-electron chi connectivity index (χ0n) is 13.1. The maximum atomic E-state index is 12.1. The summed E-state index contributed by atoms with van der Waals surface area (Å²) in [5.74, 6) is 0.0535. The number of aromatic nitrogens is 1. The van der Waals surface area contributed by atoms with Crippen LogP contribution in [0.15, 0.2) is 0 Å². The van der Waals surface area contributed by atoms with Gasteiger partial charge in [0.05, 0.1) is 18.8 Å². The number of thiazole rings is 1. The molecule has 1 N–H and O–H groups in total. The number of ether oxygens (including phenoxy) is 1. The lowest BCUT2D eigenvalue weighted by atomic mass is 10.3. The number of hydrogen-bond acceptors (Lipinski definition) is 6. The lowest BCUT2D eigenvalue weighted by molar-refractivity contribution is -0.117. The summed E-state index contributed by atoms with van der Waals surface area (Å²) in [6.45, 7) is 6.08. The van der Waals surface area contributed by atoms with E-state index in [-0.39, 0.29) is 5.91 Å². The Morgan fingerprint density at radius 2 is 2.05 bits per heavy atom. The molecule has 0 saturated carbocycles. The third-order valence-corrected chi connectivity index (χ3v) is 5.36. The molecule has 0 unspecified atom stereocenters. The second-order valence-corrected chi connectivity index (χ2v) is 6.98. The van der Waals surface area contributed by atoms with Gasteiger partial charge in [0.2, 0.25) is 5.91 Å². The quantitative estimate of drug-likeness (QED) is 0.840. The maximum absolute atomic E-state index is 12.1.